The summed E-state index contributed by atoms with van der Waals surface area (Å²) in [6, 6.07) is 9.00. The SMILES string of the molecule is COC(=O)c1ccc(C(=O)OC)c(NC(=O)c2ccc(-c3cc(C(F)(F)F)ccc3Cl)o2)c1. The Morgan fingerprint density at radius 3 is 2.27 bits per heavy atom. The molecule has 1 N–H and O–H groups in total. The van der Waals surface area contributed by atoms with E-state index in [4.69, 9.17) is 16.0 Å². The smallest absolute Gasteiger partial charge is 0.416 e. The molecule has 0 saturated heterocycles. The van der Waals surface area contributed by atoms with Gasteiger partial charge in [0.1, 0.15) is 5.76 Å². The Morgan fingerprint density at radius 2 is 1.64 bits per heavy atom. The van der Waals surface area contributed by atoms with E-state index in [0.29, 0.717) is 0 Å². The minimum atomic E-state index is -4.60. The minimum absolute atomic E-state index is 0.0111. The molecule has 7 nitrogen and oxygen atoms in total. The number of ether oxygens (including phenoxy) is 2. The zero-order chi connectivity index (χ0) is 24.3. The van der Waals surface area contributed by atoms with Crippen LogP contribution in [-0.2, 0) is 15.7 Å². The van der Waals surface area contributed by atoms with Crippen LogP contribution in [0.3, 0.4) is 0 Å². The molecule has 0 unspecified atom stereocenters. The highest BCUT2D eigenvalue weighted by molar-refractivity contribution is 6.33. The number of furan rings is 1. The molecule has 33 heavy (non-hydrogen) atoms. The fraction of sp³-hybridized carbons (Fsp3) is 0.136. The van der Waals surface area contributed by atoms with E-state index >= 15 is 0 Å². The van der Waals surface area contributed by atoms with E-state index < -0.39 is 29.6 Å². The fourth-order valence-electron chi connectivity index (χ4n) is 2.86. The molecule has 0 atom stereocenters. The van der Waals surface area contributed by atoms with Crippen molar-refractivity contribution in [2.75, 3.05) is 19.5 Å². The lowest BCUT2D eigenvalue weighted by molar-refractivity contribution is -0.137. The molecule has 3 aromatic rings. The van der Waals surface area contributed by atoms with Crippen molar-refractivity contribution in [2.45, 2.75) is 6.18 Å². The number of esters is 2. The molecule has 172 valence electrons. The Morgan fingerprint density at radius 1 is 0.939 bits per heavy atom. The number of methoxy groups -OCH3 is 2. The molecule has 0 aliphatic carbocycles. The molecule has 1 heterocycles. The molecule has 3 rings (SSSR count). The lowest BCUT2D eigenvalue weighted by Crippen LogP contribution is -2.16. The molecule has 0 spiro atoms. The van der Waals surface area contributed by atoms with Gasteiger partial charge < -0.3 is 19.2 Å². The van der Waals surface area contributed by atoms with Gasteiger partial charge in [0.2, 0.25) is 0 Å². The summed E-state index contributed by atoms with van der Waals surface area (Å²) in [5.74, 6) is -2.68. The van der Waals surface area contributed by atoms with E-state index in [1.54, 1.807) is 0 Å². The number of rotatable bonds is 5. The first-order valence-electron chi connectivity index (χ1n) is 9.14. The van der Waals surface area contributed by atoms with Gasteiger partial charge in [-0.25, -0.2) is 9.59 Å². The van der Waals surface area contributed by atoms with Crippen LogP contribution in [0.4, 0.5) is 18.9 Å². The number of carbonyl (C=O) groups is 3. The second kappa shape index (κ2) is 9.37. The first kappa shape index (κ1) is 23.9. The Hall–Kier alpha value is -3.79. The van der Waals surface area contributed by atoms with Crippen molar-refractivity contribution in [2.24, 2.45) is 0 Å². The van der Waals surface area contributed by atoms with Crippen molar-refractivity contribution in [3.63, 3.8) is 0 Å². The van der Waals surface area contributed by atoms with Crippen LogP contribution in [0.5, 0.6) is 0 Å². The van der Waals surface area contributed by atoms with Crippen molar-refractivity contribution in [1.29, 1.82) is 0 Å². The average Bonchev–Trinajstić information content (AvgIpc) is 3.27. The van der Waals surface area contributed by atoms with Crippen LogP contribution >= 0.6 is 11.6 Å². The number of alkyl halides is 3. The summed E-state index contributed by atoms with van der Waals surface area (Å²) in [5.41, 5.74) is -1.06. The summed E-state index contributed by atoms with van der Waals surface area (Å²) in [6.07, 6.45) is -4.60. The van der Waals surface area contributed by atoms with Gasteiger partial charge in [0.15, 0.2) is 5.76 Å². The van der Waals surface area contributed by atoms with E-state index in [9.17, 15) is 27.6 Å². The molecule has 1 aromatic heterocycles. The molecule has 0 fully saturated rings. The Labute approximate surface area is 190 Å². The highest BCUT2D eigenvalue weighted by Crippen LogP contribution is 2.36. The van der Waals surface area contributed by atoms with Crippen molar-refractivity contribution in [1.82, 2.24) is 0 Å². The largest absolute Gasteiger partial charge is 0.465 e. The number of nitrogens with one attached hydrogen (secondary N) is 1. The zero-order valence-electron chi connectivity index (χ0n) is 17.1. The molecule has 1 amide bonds. The maximum Gasteiger partial charge on any atom is 0.416 e. The highest BCUT2D eigenvalue weighted by atomic mass is 35.5. The summed E-state index contributed by atoms with van der Waals surface area (Å²) in [6.45, 7) is 0. The van der Waals surface area contributed by atoms with Gasteiger partial charge in [-0.15, -0.1) is 0 Å². The normalized spacial score (nSPS) is 11.1. The second-order valence-electron chi connectivity index (χ2n) is 6.55. The molecule has 2 aromatic carbocycles. The number of anilines is 1. The Bertz CT molecular complexity index is 1240. The van der Waals surface area contributed by atoms with Gasteiger partial charge in [-0.2, -0.15) is 13.2 Å². The number of carbonyl (C=O) groups excluding carboxylic acids is 3. The number of hydrogen-bond donors (Lipinski definition) is 1. The predicted octanol–water partition coefficient (Wildman–Crippen LogP) is 5.44. The highest BCUT2D eigenvalue weighted by Gasteiger charge is 2.31. The van der Waals surface area contributed by atoms with E-state index in [0.717, 1.165) is 32.4 Å². The minimum Gasteiger partial charge on any atom is -0.465 e. The maximum atomic E-state index is 13.0. The number of amides is 1. The summed E-state index contributed by atoms with van der Waals surface area (Å²) >= 11 is 6.01. The maximum absolute atomic E-state index is 13.0. The molecular weight excluding hydrogens is 467 g/mol. The molecule has 0 aliphatic rings. The quantitative estimate of drug-likeness (QED) is 0.487. The first-order chi connectivity index (χ1) is 15.5. The zero-order valence-corrected chi connectivity index (χ0v) is 17.8. The van der Waals surface area contributed by atoms with E-state index in [-0.39, 0.29) is 38.9 Å². The standard InChI is InChI=1S/C22H15ClF3NO6/c1-31-20(29)11-3-5-13(21(30)32-2)16(9-11)27-19(28)18-8-7-17(33-18)14-10-12(22(24,25)26)4-6-15(14)23/h3-10H,1-2H3,(H,27,28). The van der Waals surface area contributed by atoms with Gasteiger partial charge >= 0.3 is 18.1 Å². The van der Waals surface area contributed by atoms with Crippen LogP contribution in [0.15, 0.2) is 52.9 Å². The van der Waals surface area contributed by atoms with Crippen LogP contribution in [0, 0.1) is 0 Å². The van der Waals surface area contributed by atoms with Gasteiger partial charge in [-0.05, 0) is 48.5 Å². The monoisotopic (exact) mass is 481 g/mol. The van der Waals surface area contributed by atoms with E-state index in [2.05, 4.69) is 14.8 Å². The molecule has 0 saturated carbocycles. The third-order valence-electron chi connectivity index (χ3n) is 4.48. The molecule has 11 heteroatoms. The van der Waals surface area contributed by atoms with Crippen LogP contribution in [0.1, 0.15) is 36.8 Å². The number of benzene rings is 2. The Balaban J connectivity index is 1.93. The number of halogens is 4. The van der Waals surface area contributed by atoms with Crippen molar-refractivity contribution < 1.29 is 41.4 Å². The summed E-state index contributed by atoms with van der Waals surface area (Å²) in [4.78, 5) is 36.5. The summed E-state index contributed by atoms with van der Waals surface area (Å²) < 4.78 is 53.8. The molecular formula is C22H15ClF3NO6. The molecule has 0 bridgehead atoms. The average molecular weight is 482 g/mol. The predicted molar refractivity (Wildman–Crippen MR) is 111 cm³/mol. The van der Waals surface area contributed by atoms with Gasteiger partial charge in [-0.3, -0.25) is 4.79 Å². The van der Waals surface area contributed by atoms with Crippen molar-refractivity contribution in [3.05, 3.63) is 76.0 Å². The van der Waals surface area contributed by atoms with Crippen LogP contribution in [0.25, 0.3) is 11.3 Å². The van der Waals surface area contributed by atoms with Crippen molar-refractivity contribution >= 4 is 35.1 Å². The fourth-order valence-corrected chi connectivity index (χ4v) is 3.07. The third-order valence-corrected chi connectivity index (χ3v) is 4.81. The van der Waals surface area contributed by atoms with Gasteiger partial charge in [0.05, 0.1) is 41.6 Å². The van der Waals surface area contributed by atoms with Gasteiger partial charge in [0.25, 0.3) is 5.91 Å². The van der Waals surface area contributed by atoms with Crippen molar-refractivity contribution in [3.8, 4) is 11.3 Å². The summed E-state index contributed by atoms with van der Waals surface area (Å²) in [5, 5.41) is 2.41. The van der Waals surface area contributed by atoms with Crippen LogP contribution in [-0.4, -0.2) is 32.1 Å². The lowest BCUT2D eigenvalue weighted by Gasteiger charge is -2.11. The Kier molecular flexibility index (Phi) is 6.78. The lowest BCUT2D eigenvalue weighted by atomic mass is 10.1. The van der Waals surface area contributed by atoms with E-state index in [1.807, 2.05) is 0 Å². The van der Waals surface area contributed by atoms with E-state index in [1.165, 1.54) is 30.3 Å². The topological polar surface area (TPSA) is 94.8 Å². The van der Waals surface area contributed by atoms with Gasteiger partial charge in [0, 0.05) is 5.56 Å². The molecule has 0 radical (unpaired) electrons. The first-order valence-corrected chi connectivity index (χ1v) is 9.52. The summed E-state index contributed by atoms with van der Waals surface area (Å²) in [7, 11) is 2.30. The third kappa shape index (κ3) is 5.17. The van der Waals surface area contributed by atoms with Crippen LogP contribution < -0.4 is 5.32 Å². The molecule has 0 aliphatic heterocycles. The van der Waals surface area contributed by atoms with Crippen LogP contribution in [0.2, 0.25) is 5.02 Å². The second-order valence-corrected chi connectivity index (χ2v) is 6.96. The van der Waals surface area contributed by atoms with Gasteiger partial charge in [-0.1, -0.05) is 11.6 Å². The number of hydrogen-bond acceptors (Lipinski definition) is 6.